The van der Waals surface area contributed by atoms with Gasteiger partial charge in [-0.2, -0.15) is 0 Å². The molecule has 1 atom stereocenters. The molecule has 26 heavy (non-hydrogen) atoms. The number of sulfone groups is 1. The minimum Gasteiger partial charge on any atom is -0.336 e. The Hall–Kier alpha value is -2.55. The fourth-order valence-electron chi connectivity index (χ4n) is 2.82. The minimum absolute atomic E-state index is 0.0278. The van der Waals surface area contributed by atoms with Gasteiger partial charge in [0.05, 0.1) is 11.5 Å². The molecule has 1 amide bonds. The maximum absolute atomic E-state index is 13.0. The molecule has 1 aliphatic rings. The van der Waals surface area contributed by atoms with Crippen LogP contribution in [-0.4, -0.2) is 53.8 Å². The van der Waals surface area contributed by atoms with Crippen molar-refractivity contribution >= 4 is 27.4 Å². The second kappa shape index (κ2) is 6.99. The zero-order valence-electron chi connectivity index (χ0n) is 14.4. The molecule has 1 aromatic heterocycles. The standard InChI is InChI=1S/C17H19FN4O3S/c1-11-9-15(16(23)22(2)14-7-8-26(24,25)10-14)21-17(19-11)20-13-5-3-12(18)4-6-13/h3-6,9,14H,7-8,10H2,1-2H3,(H,19,20,21). The lowest BCUT2D eigenvalue weighted by molar-refractivity contribution is 0.0741. The molecule has 2 aromatic rings. The Balaban J connectivity index is 1.80. The summed E-state index contributed by atoms with van der Waals surface area (Å²) in [5, 5.41) is 2.93. The fourth-order valence-corrected chi connectivity index (χ4v) is 4.60. The second-order valence-electron chi connectivity index (χ2n) is 6.32. The first-order valence-corrected chi connectivity index (χ1v) is 9.91. The molecule has 0 radical (unpaired) electrons. The Bertz CT molecular complexity index is 932. The molecule has 0 spiro atoms. The van der Waals surface area contributed by atoms with Gasteiger partial charge in [0.25, 0.3) is 5.91 Å². The third-order valence-corrected chi connectivity index (χ3v) is 6.00. The van der Waals surface area contributed by atoms with Gasteiger partial charge >= 0.3 is 0 Å². The number of aromatic nitrogens is 2. The van der Waals surface area contributed by atoms with E-state index in [1.807, 2.05) is 0 Å². The van der Waals surface area contributed by atoms with E-state index in [-0.39, 0.29) is 40.9 Å². The Kier molecular flexibility index (Phi) is 4.90. The van der Waals surface area contributed by atoms with Gasteiger partial charge < -0.3 is 10.2 Å². The van der Waals surface area contributed by atoms with Crippen LogP contribution in [0.5, 0.6) is 0 Å². The number of rotatable bonds is 4. The first kappa shape index (κ1) is 18.2. The molecule has 0 saturated carbocycles. The van der Waals surface area contributed by atoms with Gasteiger partial charge in [0.2, 0.25) is 5.95 Å². The van der Waals surface area contributed by atoms with E-state index < -0.39 is 9.84 Å². The van der Waals surface area contributed by atoms with E-state index in [2.05, 4.69) is 15.3 Å². The highest BCUT2D eigenvalue weighted by Gasteiger charge is 2.33. The number of aryl methyl sites for hydroxylation is 1. The van der Waals surface area contributed by atoms with Gasteiger partial charge in [0.1, 0.15) is 11.5 Å². The number of hydrogen-bond donors (Lipinski definition) is 1. The molecule has 1 saturated heterocycles. The molecule has 1 aromatic carbocycles. The monoisotopic (exact) mass is 378 g/mol. The largest absolute Gasteiger partial charge is 0.336 e. The molecule has 2 heterocycles. The van der Waals surface area contributed by atoms with Crippen LogP contribution in [-0.2, 0) is 9.84 Å². The summed E-state index contributed by atoms with van der Waals surface area (Å²) in [6, 6.07) is 6.89. The van der Waals surface area contributed by atoms with E-state index >= 15 is 0 Å². The van der Waals surface area contributed by atoms with Gasteiger partial charge in [-0.05, 0) is 43.7 Å². The van der Waals surface area contributed by atoms with Crippen LogP contribution in [0.15, 0.2) is 30.3 Å². The minimum atomic E-state index is -3.09. The topological polar surface area (TPSA) is 92.3 Å². The number of carbonyl (C=O) groups excluding carboxylic acids is 1. The zero-order valence-corrected chi connectivity index (χ0v) is 15.3. The van der Waals surface area contributed by atoms with E-state index in [0.717, 1.165) is 0 Å². The van der Waals surface area contributed by atoms with Crippen molar-refractivity contribution in [3.05, 3.63) is 47.5 Å². The van der Waals surface area contributed by atoms with Crippen LogP contribution in [0.25, 0.3) is 0 Å². The molecular weight excluding hydrogens is 359 g/mol. The van der Waals surface area contributed by atoms with E-state index in [9.17, 15) is 17.6 Å². The van der Waals surface area contributed by atoms with Gasteiger partial charge in [-0.15, -0.1) is 0 Å². The summed E-state index contributed by atoms with van der Waals surface area (Å²) in [6.07, 6.45) is 0.426. The lowest BCUT2D eigenvalue weighted by Gasteiger charge is -2.23. The average Bonchev–Trinajstić information content (AvgIpc) is 2.95. The number of hydrogen-bond acceptors (Lipinski definition) is 6. The summed E-state index contributed by atoms with van der Waals surface area (Å²) < 4.78 is 36.3. The molecule has 0 aliphatic carbocycles. The SMILES string of the molecule is Cc1cc(C(=O)N(C)C2CCS(=O)(=O)C2)nc(Nc2ccc(F)cc2)n1. The lowest BCUT2D eigenvalue weighted by Crippen LogP contribution is -2.38. The van der Waals surface area contributed by atoms with E-state index in [1.165, 1.54) is 29.2 Å². The molecule has 1 aliphatic heterocycles. The van der Waals surface area contributed by atoms with Crippen LogP contribution in [0, 0.1) is 12.7 Å². The Labute approximate surface area is 151 Å². The molecule has 1 N–H and O–H groups in total. The first-order valence-electron chi connectivity index (χ1n) is 8.09. The normalized spacial score (nSPS) is 18.5. The van der Waals surface area contributed by atoms with Crippen LogP contribution in [0.2, 0.25) is 0 Å². The highest BCUT2D eigenvalue weighted by molar-refractivity contribution is 7.91. The van der Waals surface area contributed by atoms with Crippen LogP contribution in [0.3, 0.4) is 0 Å². The average molecular weight is 378 g/mol. The van der Waals surface area contributed by atoms with Crippen molar-refractivity contribution in [3.63, 3.8) is 0 Å². The highest BCUT2D eigenvalue weighted by atomic mass is 32.2. The molecule has 138 valence electrons. The van der Waals surface area contributed by atoms with Crippen molar-refractivity contribution < 1.29 is 17.6 Å². The van der Waals surface area contributed by atoms with Gasteiger partial charge in [-0.3, -0.25) is 4.79 Å². The first-order chi connectivity index (χ1) is 12.2. The van der Waals surface area contributed by atoms with Crippen molar-refractivity contribution in [2.45, 2.75) is 19.4 Å². The quantitative estimate of drug-likeness (QED) is 0.874. The van der Waals surface area contributed by atoms with Crippen LogP contribution in [0.4, 0.5) is 16.0 Å². The number of anilines is 2. The van der Waals surface area contributed by atoms with Gasteiger partial charge in [0, 0.05) is 24.5 Å². The summed E-state index contributed by atoms with van der Waals surface area (Å²) in [4.78, 5) is 22.6. The summed E-state index contributed by atoms with van der Waals surface area (Å²) in [6.45, 7) is 1.73. The molecule has 7 nitrogen and oxygen atoms in total. The van der Waals surface area contributed by atoms with Gasteiger partial charge in [0.15, 0.2) is 9.84 Å². The van der Waals surface area contributed by atoms with E-state index in [1.54, 1.807) is 20.0 Å². The number of nitrogens with one attached hydrogen (secondary N) is 1. The predicted octanol–water partition coefficient (Wildman–Crippen LogP) is 1.93. The summed E-state index contributed by atoms with van der Waals surface area (Å²) >= 11 is 0. The second-order valence-corrected chi connectivity index (χ2v) is 8.55. The predicted molar refractivity (Wildman–Crippen MR) is 95.6 cm³/mol. The maximum atomic E-state index is 13.0. The number of carbonyl (C=O) groups is 1. The summed E-state index contributed by atoms with van der Waals surface area (Å²) in [5.41, 5.74) is 1.35. The highest BCUT2D eigenvalue weighted by Crippen LogP contribution is 2.19. The molecule has 1 fully saturated rings. The third-order valence-electron chi connectivity index (χ3n) is 4.25. The van der Waals surface area contributed by atoms with Gasteiger partial charge in [-0.25, -0.2) is 22.8 Å². The van der Waals surface area contributed by atoms with Crippen LogP contribution < -0.4 is 5.32 Å². The fraction of sp³-hybridized carbons (Fsp3) is 0.353. The molecule has 1 unspecified atom stereocenters. The van der Waals surface area contributed by atoms with Crippen LogP contribution >= 0.6 is 0 Å². The lowest BCUT2D eigenvalue weighted by atomic mass is 10.2. The molecule has 3 rings (SSSR count). The van der Waals surface area contributed by atoms with E-state index in [0.29, 0.717) is 17.8 Å². The number of halogens is 1. The number of nitrogens with zero attached hydrogens (tertiary/aromatic N) is 3. The maximum Gasteiger partial charge on any atom is 0.272 e. The van der Waals surface area contributed by atoms with Crippen molar-refractivity contribution in [3.8, 4) is 0 Å². The summed E-state index contributed by atoms with van der Waals surface area (Å²) in [7, 11) is -1.50. The van der Waals surface area contributed by atoms with Crippen molar-refractivity contribution in [2.75, 3.05) is 23.9 Å². The van der Waals surface area contributed by atoms with Crippen molar-refractivity contribution in [2.24, 2.45) is 0 Å². The third kappa shape index (κ3) is 4.16. The number of amides is 1. The van der Waals surface area contributed by atoms with Crippen molar-refractivity contribution in [1.29, 1.82) is 0 Å². The van der Waals surface area contributed by atoms with E-state index in [4.69, 9.17) is 0 Å². The molecule has 0 bridgehead atoms. The molecular formula is C17H19FN4O3S. The number of benzene rings is 1. The summed E-state index contributed by atoms with van der Waals surface area (Å²) in [5.74, 6) is -0.438. The van der Waals surface area contributed by atoms with Crippen molar-refractivity contribution in [1.82, 2.24) is 14.9 Å². The Morgan fingerprint density at radius 2 is 1.96 bits per heavy atom. The Morgan fingerprint density at radius 1 is 1.27 bits per heavy atom. The zero-order chi connectivity index (χ0) is 18.9. The molecule has 9 heteroatoms. The van der Waals surface area contributed by atoms with Gasteiger partial charge in [-0.1, -0.05) is 0 Å². The Morgan fingerprint density at radius 3 is 2.58 bits per heavy atom. The smallest absolute Gasteiger partial charge is 0.272 e. The van der Waals surface area contributed by atoms with Crippen LogP contribution in [0.1, 0.15) is 22.6 Å².